The Morgan fingerprint density at radius 1 is 1.05 bits per heavy atom. The Labute approximate surface area is 128 Å². The maximum atomic E-state index is 2.58. The summed E-state index contributed by atoms with van der Waals surface area (Å²) in [4.78, 5) is 2.57. The van der Waals surface area contributed by atoms with E-state index in [-0.39, 0.29) is 0 Å². The molecule has 2 heteroatoms. The van der Waals surface area contributed by atoms with Crippen LogP contribution in [0.1, 0.15) is 30.7 Å². The molecule has 4 rings (SSSR count). The van der Waals surface area contributed by atoms with Gasteiger partial charge >= 0.3 is 0 Å². The predicted molar refractivity (Wildman–Crippen MR) is 87.1 cm³/mol. The van der Waals surface area contributed by atoms with Crippen LogP contribution in [0.3, 0.4) is 0 Å². The standard InChI is InChI=1S/C19H27N2/c1-20-12-17-15-9-6-10-21(2)19(15)11-16(18(17)13-20)14-7-4-3-5-8-14/h3-5,7-8,15-18H,6,9-13H2,1-2H3/q+1. The quantitative estimate of drug-likeness (QED) is 0.718. The van der Waals surface area contributed by atoms with E-state index in [2.05, 4.69) is 53.9 Å². The summed E-state index contributed by atoms with van der Waals surface area (Å²) >= 11 is 0. The third-order valence-electron chi connectivity index (χ3n) is 6.21. The number of rotatable bonds is 1. The number of nitrogens with zero attached hydrogens (tertiary/aromatic N) is 2. The Hall–Kier alpha value is -1.15. The van der Waals surface area contributed by atoms with Crippen LogP contribution in [0.5, 0.6) is 0 Å². The molecular weight excluding hydrogens is 256 g/mol. The third-order valence-corrected chi connectivity index (χ3v) is 6.21. The van der Waals surface area contributed by atoms with Crippen molar-refractivity contribution in [1.82, 2.24) is 4.90 Å². The molecule has 3 aliphatic rings. The van der Waals surface area contributed by atoms with Gasteiger partial charge in [-0.2, -0.15) is 0 Å². The zero-order chi connectivity index (χ0) is 14.4. The van der Waals surface area contributed by atoms with Crippen LogP contribution in [0.25, 0.3) is 0 Å². The van der Waals surface area contributed by atoms with Crippen LogP contribution in [0.2, 0.25) is 0 Å². The normalized spacial score (nSPS) is 36.5. The highest BCUT2D eigenvalue weighted by atomic mass is 15.1. The van der Waals surface area contributed by atoms with E-state index < -0.39 is 0 Å². The van der Waals surface area contributed by atoms with Crippen LogP contribution in [-0.2, 0) is 0 Å². The van der Waals surface area contributed by atoms with Gasteiger partial charge in [0.2, 0.25) is 0 Å². The van der Waals surface area contributed by atoms with Crippen molar-refractivity contribution in [3.63, 3.8) is 0 Å². The first-order chi connectivity index (χ1) is 10.2. The lowest BCUT2D eigenvalue weighted by Gasteiger charge is -2.40. The fourth-order valence-corrected chi connectivity index (χ4v) is 5.27. The van der Waals surface area contributed by atoms with Gasteiger partial charge in [-0.15, -0.1) is 0 Å². The van der Waals surface area contributed by atoms with Crippen LogP contribution in [0.15, 0.2) is 30.3 Å². The van der Waals surface area contributed by atoms with E-state index in [9.17, 15) is 0 Å². The molecule has 112 valence electrons. The molecule has 2 nitrogen and oxygen atoms in total. The molecule has 4 atom stereocenters. The summed E-state index contributed by atoms with van der Waals surface area (Å²) < 4.78 is 2.58. The topological polar surface area (TPSA) is 6.25 Å². The van der Waals surface area contributed by atoms with Crippen molar-refractivity contribution in [3.8, 4) is 0 Å². The Morgan fingerprint density at radius 2 is 1.76 bits per heavy atom. The van der Waals surface area contributed by atoms with E-state index in [0.717, 1.165) is 23.7 Å². The molecule has 1 saturated heterocycles. The summed E-state index contributed by atoms with van der Waals surface area (Å²) in [5, 5.41) is 0. The number of likely N-dealkylation sites (tertiary alicyclic amines) is 1. The van der Waals surface area contributed by atoms with Gasteiger partial charge in [-0.25, -0.2) is 4.58 Å². The van der Waals surface area contributed by atoms with Crippen molar-refractivity contribution >= 4 is 5.71 Å². The minimum absolute atomic E-state index is 0.730. The highest BCUT2D eigenvalue weighted by molar-refractivity contribution is 5.85. The van der Waals surface area contributed by atoms with E-state index in [0.29, 0.717) is 0 Å². The van der Waals surface area contributed by atoms with Gasteiger partial charge in [0.1, 0.15) is 13.6 Å². The smallest absolute Gasteiger partial charge is 0.156 e. The van der Waals surface area contributed by atoms with E-state index in [1.165, 1.54) is 38.9 Å². The number of fused-ring (bicyclic) bond motifs is 3. The number of hydrogen-bond acceptors (Lipinski definition) is 1. The van der Waals surface area contributed by atoms with Gasteiger partial charge in [0.15, 0.2) is 5.71 Å². The summed E-state index contributed by atoms with van der Waals surface area (Å²) in [5.41, 5.74) is 3.32. The van der Waals surface area contributed by atoms with Crippen molar-refractivity contribution < 1.29 is 4.58 Å². The molecule has 0 amide bonds. The van der Waals surface area contributed by atoms with Gasteiger partial charge in [0, 0.05) is 31.8 Å². The first-order valence-electron chi connectivity index (χ1n) is 8.54. The zero-order valence-corrected chi connectivity index (χ0v) is 13.3. The molecule has 1 aromatic rings. The second kappa shape index (κ2) is 5.24. The summed E-state index contributed by atoms with van der Waals surface area (Å²) in [6, 6.07) is 11.3. The fraction of sp³-hybridized carbons (Fsp3) is 0.632. The van der Waals surface area contributed by atoms with Crippen molar-refractivity contribution in [2.24, 2.45) is 17.8 Å². The van der Waals surface area contributed by atoms with Crippen molar-refractivity contribution in [2.45, 2.75) is 25.2 Å². The maximum absolute atomic E-state index is 2.58. The van der Waals surface area contributed by atoms with Gasteiger partial charge in [-0.1, -0.05) is 30.3 Å². The lowest BCUT2D eigenvalue weighted by molar-refractivity contribution is -0.507. The highest BCUT2D eigenvalue weighted by Crippen LogP contribution is 2.48. The van der Waals surface area contributed by atoms with Gasteiger partial charge in [0.05, 0.1) is 0 Å². The molecule has 0 N–H and O–H groups in total. The van der Waals surface area contributed by atoms with E-state index >= 15 is 0 Å². The molecule has 0 bridgehead atoms. The summed E-state index contributed by atoms with van der Waals surface area (Å²) in [7, 11) is 4.63. The second-order valence-corrected chi connectivity index (χ2v) is 7.43. The molecule has 21 heavy (non-hydrogen) atoms. The Bertz CT molecular complexity index is 548. The first-order valence-corrected chi connectivity index (χ1v) is 8.54. The molecule has 4 unspecified atom stereocenters. The van der Waals surface area contributed by atoms with E-state index in [4.69, 9.17) is 0 Å². The van der Waals surface area contributed by atoms with Gasteiger partial charge in [-0.3, -0.25) is 0 Å². The van der Waals surface area contributed by atoms with Crippen molar-refractivity contribution in [2.75, 3.05) is 33.7 Å². The average Bonchev–Trinajstić information content (AvgIpc) is 2.89. The summed E-state index contributed by atoms with van der Waals surface area (Å²) in [6.07, 6.45) is 4.10. The lowest BCUT2D eigenvalue weighted by Crippen LogP contribution is -2.45. The van der Waals surface area contributed by atoms with E-state index in [1.54, 1.807) is 11.3 Å². The predicted octanol–water partition coefficient (Wildman–Crippen LogP) is 2.85. The number of benzene rings is 1. The first kappa shape index (κ1) is 13.5. The van der Waals surface area contributed by atoms with Crippen LogP contribution in [0.4, 0.5) is 0 Å². The molecule has 0 aromatic heterocycles. The third kappa shape index (κ3) is 2.24. The minimum Gasteiger partial charge on any atom is -0.306 e. The monoisotopic (exact) mass is 283 g/mol. The summed E-state index contributed by atoms with van der Waals surface area (Å²) in [5.74, 6) is 3.33. The molecule has 0 spiro atoms. The second-order valence-electron chi connectivity index (χ2n) is 7.43. The average molecular weight is 283 g/mol. The number of hydrogen-bond donors (Lipinski definition) is 0. The van der Waals surface area contributed by atoms with Crippen molar-refractivity contribution in [3.05, 3.63) is 35.9 Å². The van der Waals surface area contributed by atoms with Crippen LogP contribution in [-0.4, -0.2) is 48.9 Å². The maximum Gasteiger partial charge on any atom is 0.156 e. The lowest BCUT2D eigenvalue weighted by atomic mass is 9.63. The molecule has 2 fully saturated rings. The largest absolute Gasteiger partial charge is 0.306 e. The van der Waals surface area contributed by atoms with Crippen LogP contribution >= 0.6 is 0 Å². The van der Waals surface area contributed by atoms with Gasteiger partial charge in [-0.05, 0) is 36.8 Å². The Kier molecular flexibility index (Phi) is 3.37. The fourth-order valence-electron chi connectivity index (χ4n) is 5.27. The molecule has 1 aliphatic carbocycles. The minimum atomic E-state index is 0.730. The Balaban J connectivity index is 1.74. The zero-order valence-electron chi connectivity index (χ0n) is 13.3. The van der Waals surface area contributed by atoms with Crippen LogP contribution < -0.4 is 0 Å². The molecule has 0 radical (unpaired) electrons. The van der Waals surface area contributed by atoms with Crippen LogP contribution in [0, 0.1) is 17.8 Å². The van der Waals surface area contributed by atoms with Gasteiger partial charge < -0.3 is 4.90 Å². The molecule has 1 saturated carbocycles. The van der Waals surface area contributed by atoms with E-state index in [1.807, 2.05) is 0 Å². The molecular formula is C19H27N2+. The molecule has 2 heterocycles. The Morgan fingerprint density at radius 3 is 2.52 bits per heavy atom. The van der Waals surface area contributed by atoms with Crippen molar-refractivity contribution in [1.29, 1.82) is 0 Å². The summed E-state index contributed by atoms with van der Waals surface area (Å²) in [6.45, 7) is 3.86. The SMILES string of the molecule is CN1CC2C3CCC[N+](C)=C3CC(c3ccccc3)C2C1. The molecule has 1 aromatic carbocycles. The molecule has 2 aliphatic heterocycles. The van der Waals surface area contributed by atoms with Gasteiger partial charge in [0.25, 0.3) is 0 Å². The highest BCUT2D eigenvalue weighted by Gasteiger charge is 2.50.